The molecule has 184 valence electrons. The van der Waals surface area contributed by atoms with Crippen LogP contribution in [0.5, 0.6) is 0 Å². The topological polar surface area (TPSA) is 95.9 Å². The molecule has 2 amide bonds. The van der Waals surface area contributed by atoms with E-state index in [9.17, 15) is 28.3 Å². The van der Waals surface area contributed by atoms with Gasteiger partial charge in [0.25, 0.3) is 5.92 Å². The van der Waals surface area contributed by atoms with Crippen LogP contribution in [-0.4, -0.2) is 59.1 Å². The average Bonchev–Trinajstić information content (AvgIpc) is 3.30. The number of likely N-dealkylation sites (tertiary alicyclic amines) is 1. The third kappa shape index (κ3) is 4.35. The summed E-state index contributed by atoms with van der Waals surface area (Å²) >= 11 is 0. The second-order valence-corrected chi connectivity index (χ2v) is 9.52. The third-order valence-corrected chi connectivity index (χ3v) is 7.34. The first-order chi connectivity index (χ1) is 16.7. The van der Waals surface area contributed by atoms with E-state index >= 15 is 0 Å². The van der Waals surface area contributed by atoms with Gasteiger partial charge in [-0.2, -0.15) is 0 Å². The highest BCUT2D eigenvalue weighted by molar-refractivity contribution is 5.90. The molecular weight excluding hydrogens is 458 g/mol. The van der Waals surface area contributed by atoms with Crippen molar-refractivity contribution < 1.29 is 33.0 Å². The van der Waals surface area contributed by atoms with Crippen molar-refractivity contribution in [1.29, 1.82) is 0 Å². The summed E-state index contributed by atoms with van der Waals surface area (Å²) in [5, 5.41) is 11.9. The van der Waals surface area contributed by atoms with E-state index in [2.05, 4.69) is 5.32 Å². The third-order valence-electron chi connectivity index (χ3n) is 7.34. The summed E-state index contributed by atoms with van der Waals surface area (Å²) < 4.78 is 33.4. The summed E-state index contributed by atoms with van der Waals surface area (Å²) in [5.74, 6) is -5.98. The van der Waals surface area contributed by atoms with Gasteiger partial charge in [-0.05, 0) is 41.0 Å². The van der Waals surface area contributed by atoms with Gasteiger partial charge in [-0.3, -0.25) is 4.79 Å². The summed E-state index contributed by atoms with van der Waals surface area (Å²) in [6.45, 7) is -0.927. The Morgan fingerprint density at radius 3 is 2.20 bits per heavy atom. The number of hydrogen-bond acceptors (Lipinski definition) is 4. The van der Waals surface area contributed by atoms with Gasteiger partial charge in [-0.1, -0.05) is 55.0 Å². The first kappa shape index (κ1) is 23.3. The molecule has 2 atom stereocenters. The Morgan fingerprint density at radius 1 is 1.06 bits per heavy atom. The van der Waals surface area contributed by atoms with Crippen LogP contribution in [0.15, 0.2) is 48.5 Å². The monoisotopic (exact) mass is 484 g/mol. The average molecular weight is 484 g/mol. The fourth-order valence-corrected chi connectivity index (χ4v) is 5.37. The molecule has 1 saturated heterocycles. The summed E-state index contributed by atoms with van der Waals surface area (Å²) in [5.41, 5.74) is 4.23. The Hall–Kier alpha value is -3.49. The standard InChI is InChI=1S/C26H26F2N2O5/c27-26(28)12-21(24(32)33)30(14-26)23(31)22(15-6-5-7-15)29-25(34)35-13-20-18-10-3-1-8-16(18)17-9-2-4-11-19(17)20/h1-4,8-11,15,20-22H,5-7,12-14H2,(H,29,34)(H,32,33). The molecule has 2 unspecified atom stereocenters. The number of benzene rings is 2. The van der Waals surface area contributed by atoms with Crippen molar-refractivity contribution in [1.82, 2.24) is 10.2 Å². The molecule has 2 aromatic carbocycles. The van der Waals surface area contributed by atoms with Gasteiger partial charge in [-0.15, -0.1) is 0 Å². The maximum absolute atomic E-state index is 14.0. The number of hydrogen-bond donors (Lipinski definition) is 2. The van der Waals surface area contributed by atoms with Crippen LogP contribution in [0.1, 0.15) is 42.7 Å². The number of rotatable bonds is 6. The number of ether oxygens (including phenoxy) is 1. The highest BCUT2D eigenvalue weighted by atomic mass is 19.3. The second-order valence-electron chi connectivity index (χ2n) is 9.52. The number of alkyl carbamates (subject to hydrolysis) is 1. The molecule has 1 saturated carbocycles. The van der Waals surface area contributed by atoms with Crippen molar-refractivity contribution in [3.63, 3.8) is 0 Å². The van der Waals surface area contributed by atoms with Gasteiger partial charge in [0.15, 0.2) is 0 Å². The van der Waals surface area contributed by atoms with E-state index in [0.29, 0.717) is 17.7 Å². The van der Waals surface area contributed by atoms with E-state index < -0.39 is 48.9 Å². The Kier molecular flexibility index (Phi) is 5.94. The number of carboxylic acids is 1. The number of alkyl halides is 2. The number of halogens is 2. The zero-order valence-electron chi connectivity index (χ0n) is 19.0. The number of nitrogens with zero attached hydrogens (tertiary/aromatic N) is 1. The lowest BCUT2D eigenvalue weighted by Crippen LogP contribution is -2.56. The van der Waals surface area contributed by atoms with Crippen LogP contribution >= 0.6 is 0 Å². The van der Waals surface area contributed by atoms with Gasteiger partial charge in [-0.25, -0.2) is 18.4 Å². The highest BCUT2D eigenvalue weighted by Crippen LogP contribution is 2.44. The first-order valence-corrected chi connectivity index (χ1v) is 11.8. The Balaban J connectivity index is 1.29. The molecule has 3 aliphatic rings. The fourth-order valence-electron chi connectivity index (χ4n) is 5.37. The molecule has 5 rings (SSSR count). The number of amides is 2. The molecule has 35 heavy (non-hydrogen) atoms. The van der Waals surface area contributed by atoms with Crippen molar-refractivity contribution in [2.45, 2.75) is 49.6 Å². The first-order valence-electron chi connectivity index (χ1n) is 11.8. The molecule has 2 N–H and O–H groups in total. The normalized spacial score (nSPS) is 21.5. The molecular formula is C26H26F2N2O5. The minimum Gasteiger partial charge on any atom is -0.480 e. The van der Waals surface area contributed by atoms with E-state index in [4.69, 9.17) is 4.74 Å². The van der Waals surface area contributed by atoms with Crippen molar-refractivity contribution in [2.24, 2.45) is 5.92 Å². The SMILES string of the molecule is O=C(NC(C(=O)N1CC(F)(F)CC1C(=O)O)C1CCC1)OCC1c2ccccc2-c2ccccc21. The molecule has 1 aliphatic heterocycles. The van der Waals surface area contributed by atoms with Crippen LogP contribution in [-0.2, 0) is 14.3 Å². The van der Waals surface area contributed by atoms with Crippen LogP contribution in [0.3, 0.4) is 0 Å². The summed E-state index contributed by atoms with van der Waals surface area (Å²) in [4.78, 5) is 38.1. The number of fused-ring (bicyclic) bond motifs is 3. The number of carboxylic acid groups (broad SMARTS) is 1. The molecule has 2 fully saturated rings. The Labute approximate surface area is 201 Å². The van der Waals surface area contributed by atoms with Gasteiger partial charge < -0.3 is 20.1 Å². The van der Waals surface area contributed by atoms with Gasteiger partial charge >= 0.3 is 12.1 Å². The largest absolute Gasteiger partial charge is 0.480 e. The van der Waals surface area contributed by atoms with E-state index in [1.54, 1.807) is 0 Å². The van der Waals surface area contributed by atoms with Crippen molar-refractivity contribution in [3.8, 4) is 11.1 Å². The van der Waals surface area contributed by atoms with Crippen molar-refractivity contribution >= 4 is 18.0 Å². The summed E-state index contributed by atoms with van der Waals surface area (Å²) in [6, 6.07) is 13.0. The van der Waals surface area contributed by atoms with Crippen LogP contribution in [0.25, 0.3) is 11.1 Å². The van der Waals surface area contributed by atoms with Crippen LogP contribution in [0, 0.1) is 5.92 Å². The number of carbonyl (C=O) groups excluding carboxylic acids is 2. The lowest BCUT2D eigenvalue weighted by atomic mass is 9.79. The number of aliphatic carboxylic acids is 1. The molecule has 2 aromatic rings. The van der Waals surface area contributed by atoms with Gasteiger partial charge in [0, 0.05) is 12.3 Å². The van der Waals surface area contributed by atoms with Crippen LogP contribution < -0.4 is 5.32 Å². The Bertz CT molecular complexity index is 1120. The summed E-state index contributed by atoms with van der Waals surface area (Å²) in [7, 11) is 0. The lowest BCUT2D eigenvalue weighted by Gasteiger charge is -2.36. The van der Waals surface area contributed by atoms with E-state index in [-0.39, 0.29) is 18.4 Å². The molecule has 0 aromatic heterocycles. The van der Waals surface area contributed by atoms with Crippen molar-refractivity contribution in [2.75, 3.05) is 13.2 Å². The Morgan fingerprint density at radius 2 is 1.66 bits per heavy atom. The molecule has 2 aliphatic carbocycles. The maximum Gasteiger partial charge on any atom is 0.407 e. The predicted molar refractivity (Wildman–Crippen MR) is 122 cm³/mol. The molecule has 7 nitrogen and oxygen atoms in total. The molecule has 0 radical (unpaired) electrons. The molecule has 0 bridgehead atoms. The van der Waals surface area contributed by atoms with Crippen LogP contribution in [0.2, 0.25) is 0 Å². The zero-order chi connectivity index (χ0) is 24.7. The second kappa shape index (κ2) is 8.94. The van der Waals surface area contributed by atoms with E-state index in [1.165, 1.54) is 0 Å². The quantitative estimate of drug-likeness (QED) is 0.646. The van der Waals surface area contributed by atoms with Crippen LogP contribution in [0.4, 0.5) is 13.6 Å². The van der Waals surface area contributed by atoms with E-state index in [1.807, 2.05) is 48.5 Å². The molecule has 1 heterocycles. The van der Waals surface area contributed by atoms with Crippen molar-refractivity contribution in [3.05, 3.63) is 59.7 Å². The van der Waals surface area contributed by atoms with Gasteiger partial charge in [0.05, 0.1) is 6.54 Å². The highest BCUT2D eigenvalue weighted by Gasteiger charge is 2.52. The fraction of sp³-hybridized carbons (Fsp3) is 0.423. The molecule has 9 heteroatoms. The zero-order valence-corrected chi connectivity index (χ0v) is 19.0. The van der Waals surface area contributed by atoms with Gasteiger partial charge in [0.2, 0.25) is 5.91 Å². The predicted octanol–water partition coefficient (Wildman–Crippen LogP) is 4.01. The minimum atomic E-state index is -3.29. The lowest BCUT2D eigenvalue weighted by molar-refractivity contribution is -0.149. The minimum absolute atomic E-state index is 0.0466. The number of nitrogens with one attached hydrogen (secondary N) is 1. The van der Waals surface area contributed by atoms with Gasteiger partial charge in [0.1, 0.15) is 18.7 Å². The number of carbonyl (C=O) groups is 3. The van der Waals surface area contributed by atoms with E-state index in [0.717, 1.165) is 28.7 Å². The smallest absolute Gasteiger partial charge is 0.407 e. The summed E-state index contributed by atoms with van der Waals surface area (Å²) in [6.07, 6.45) is 0.370. The molecule has 0 spiro atoms. The maximum atomic E-state index is 14.0.